The summed E-state index contributed by atoms with van der Waals surface area (Å²) in [7, 11) is 5.28. The van der Waals surface area contributed by atoms with Gasteiger partial charge in [-0.2, -0.15) is 0 Å². The summed E-state index contributed by atoms with van der Waals surface area (Å²) in [6.07, 6.45) is -6.50. The van der Waals surface area contributed by atoms with Gasteiger partial charge in [-0.1, -0.05) is 57.2 Å². The van der Waals surface area contributed by atoms with Crippen LogP contribution in [0.5, 0.6) is 0 Å². The minimum absolute atomic E-state index is 0.166. The van der Waals surface area contributed by atoms with Crippen molar-refractivity contribution in [3.63, 3.8) is 0 Å². The van der Waals surface area contributed by atoms with Crippen LogP contribution in [0.2, 0.25) is 0 Å². The number of amides is 2. The van der Waals surface area contributed by atoms with Crippen LogP contribution in [-0.2, 0) is 51.0 Å². The predicted molar refractivity (Wildman–Crippen MR) is 303 cm³/mol. The van der Waals surface area contributed by atoms with Gasteiger partial charge in [0.15, 0.2) is 6.29 Å². The smallest absolute Gasteiger partial charge is 0.414 e. The summed E-state index contributed by atoms with van der Waals surface area (Å²) in [6.45, 7) is 20.9. The van der Waals surface area contributed by atoms with Gasteiger partial charge in [0.25, 0.3) is 0 Å². The molecule has 21 nitrogen and oxygen atoms in total. The van der Waals surface area contributed by atoms with E-state index in [1.54, 1.807) is 58.4 Å². The number of rotatable bonds is 15. The lowest BCUT2D eigenvalue weighted by Gasteiger charge is -2.51. The number of esters is 1. The van der Waals surface area contributed by atoms with E-state index >= 15 is 4.39 Å². The topological polar surface area (TPSA) is 260 Å². The van der Waals surface area contributed by atoms with E-state index in [9.17, 15) is 39.9 Å². The number of anilines is 1. The summed E-state index contributed by atoms with van der Waals surface area (Å²) in [5, 5.41) is 71.8. The normalized spacial score (nSPS) is 37.5. The molecular formula is C60H92FN7O14. The van der Waals surface area contributed by atoms with E-state index in [0.717, 1.165) is 11.3 Å². The summed E-state index contributed by atoms with van der Waals surface area (Å²) in [5.74, 6) is -4.01. The van der Waals surface area contributed by atoms with Gasteiger partial charge in [0.05, 0.1) is 72.6 Å². The first-order valence-corrected chi connectivity index (χ1v) is 29.1. The molecule has 0 aliphatic carbocycles. The Kier molecular flexibility index (Phi) is 21.1. The molecule has 19 atom stereocenters. The highest BCUT2D eigenvalue weighted by Crippen LogP contribution is 2.45. The molecule has 1 aromatic heterocycles. The van der Waals surface area contributed by atoms with Gasteiger partial charge in [-0.05, 0) is 116 Å². The molecular weight excluding hydrogens is 1060 g/mol. The number of hydrogen-bond acceptors (Lipinski definition) is 18. The zero-order valence-corrected chi connectivity index (χ0v) is 50.4. The minimum Gasteiger partial charge on any atom is -0.459 e. The fraction of sp³-hybridized carbons (Fsp3) is 0.717. The lowest BCUT2D eigenvalue weighted by atomic mass is 9.68. The fourth-order valence-electron chi connectivity index (χ4n) is 13.2. The molecule has 0 bridgehead atoms. The number of ether oxygens (including phenoxy) is 6. The number of likely N-dealkylation sites (N-methyl/N-ethyl adjacent to an activating group) is 2. The first-order chi connectivity index (χ1) is 38.5. The maximum atomic E-state index is 15.5. The van der Waals surface area contributed by atoms with Crippen LogP contribution in [0.1, 0.15) is 113 Å². The zero-order valence-electron chi connectivity index (χ0n) is 50.4. The second-order valence-electron chi connectivity index (χ2n) is 24.8. The summed E-state index contributed by atoms with van der Waals surface area (Å²) in [5.41, 5.74) is -1.53. The Hall–Kier alpha value is -4.72. The van der Waals surface area contributed by atoms with E-state index in [1.807, 2.05) is 75.1 Å². The van der Waals surface area contributed by atoms with Gasteiger partial charge in [0.2, 0.25) is 5.91 Å². The standard InChI is InChI=1S/C60H92FN7O14/c1-15-49-60(11,76)52(71)37(6)66(13)29-33(2)26-58(9,75)54(35(4)50(36(5)55(73)81-49)48-27-59(10,77-14)53(72)38(7)79-48)82-56-51(70)47(24-34(3)78-56)65(12)23-22-42-31-67(64-63-42)30-40-16-18-41(19-17-40)45-21-20-43(25-46(45)61)68-32-44(80-57(68)74)28-62-39(8)69/h16-21,25,31,33-38,44,47-54,56,70-72,75-76H,15,22-24,26-30,32H2,1-14H3,(H,62,69)/t33-,34-,35+,36-,37-,38+,44+,47+,48?,49-,50+,51-,52-,53+,54-,56+,58-,59-,60-/m1/s1. The lowest BCUT2D eigenvalue weighted by Crippen LogP contribution is -2.62. The van der Waals surface area contributed by atoms with Crippen LogP contribution >= 0.6 is 0 Å². The third-order valence-corrected chi connectivity index (χ3v) is 18.1. The molecule has 3 aromatic rings. The molecule has 7 rings (SSSR count). The molecule has 4 aliphatic heterocycles. The molecule has 2 aromatic carbocycles. The maximum absolute atomic E-state index is 15.5. The second-order valence-corrected chi connectivity index (χ2v) is 24.8. The zero-order chi connectivity index (χ0) is 60.3. The number of carbonyl (C=O) groups is 3. The minimum atomic E-state index is -1.83. The predicted octanol–water partition coefficient (Wildman–Crippen LogP) is 4.69. The summed E-state index contributed by atoms with van der Waals surface area (Å²) < 4.78 is 54.9. The Labute approximate surface area is 482 Å². The SMILES string of the molecule is CC[C@H]1OC(=O)[C@H](C)[C@@H](C2C[C@@](C)(OC)[C@@H](O)[C@H](C)O2)[C@H](C)[C@@H](O[C@@H]2O[C@H](C)C[C@H](N(C)CCc3cn(Cc4ccc(-c5ccc(N6C[C@H](CNC(C)=O)OC6=O)cc5F)cc4)nn3)[C@H]2O)[C@](C)(O)C[C@@H](C)CN(C)[C@H](C)[C@@H](O)[C@]1(C)O. The number of nitrogens with one attached hydrogen (secondary N) is 1. The monoisotopic (exact) mass is 1150 g/mol. The van der Waals surface area contributed by atoms with Crippen LogP contribution < -0.4 is 10.2 Å². The average Bonchev–Trinajstić information content (AvgIpc) is 4.16. The van der Waals surface area contributed by atoms with Crippen molar-refractivity contribution in [2.75, 3.05) is 52.3 Å². The molecule has 82 heavy (non-hydrogen) atoms. The Bertz CT molecular complexity index is 2630. The quantitative estimate of drug-likeness (QED) is 0.113. The van der Waals surface area contributed by atoms with Crippen molar-refractivity contribution >= 4 is 23.7 Å². The van der Waals surface area contributed by atoms with Crippen molar-refractivity contribution in [2.24, 2.45) is 23.7 Å². The fourth-order valence-corrected chi connectivity index (χ4v) is 13.2. The molecule has 0 saturated carbocycles. The van der Waals surface area contributed by atoms with E-state index in [0.29, 0.717) is 49.3 Å². The number of cyclic esters (lactones) is 2. The average molecular weight is 1150 g/mol. The van der Waals surface area contributed by atoms with Crippen molar-refractivity contribution in [3.8, 4) is 11.1 Å². The van der Waals surface area contributed by atoms with Crippen LogP contribution in [0.3, 0.4) is 0 Å². The lowest BCUT2D eigenvalue weighted by molar-refractivity contribution is -0.302. The van der Waals surface area contributed by atoms with Crippen molar-refractivity contribution < 1.29 is 72.7 Å². The van der Waals surface area contributed by atoms with Crippen LogP contribution in [-0.4, -0.2) is 206 Å². The van der Waals surface area contributed by atoms with Crippen molar-refractivity contribution in [1.29, 1.82) is 0 Å². The van der Waals surface area contributed by atoms with Crippen LogP contribution in [0.4, 0.5) is 14.9 Å². The molecule has 0 spiro atoms. The highest BCUT2D eigenvalue weighted by Gasteiger charge is 2.55. The van der Waals surface area contributed by atoms with Crippen LogP contribution in [0, 0.1) is 29.5 Å². The molecule has 4 fully saturated rings. The van der Waals surface area contributed by atoms with E-state index in [-0.39, 0.29) is 50.3 Å². The Morgan fingerprint density at radius 1 is 0.951 bits per heavy atom. The van der Waals surface area contributed by atoms with E-state index in [2.05, 4.69) is 15.6 Å². The molecule has 4 aliphatic rings. The summed E-state index contributed by atoms with van der Waals surface area (Å²) in [4.78, 5) is 43.8. The number of nitrogens with zero attached hydrogens (tertiary/aromatic N) is 6. The number of aliphatic hydroxyl groups is 5. The molecule has 4 saturated heterocycles. The molecule has 0 radical (unpaired) electrons. The third kappa shape index (κ3) is 14.7. The van der Waals surface area contributed by atoms with Crippen LogP contribution in [0.25, 0.3) is 11.1 Å². The Morgan fingerprint density at radius 3 is 2.29 bits per heavy atom. The van der Waals surface area contributed by atoms with E-state index in [1.165, 1.54) is 31.9 Å². The third-order valence-electron chi connectivity index (χ3n) is 18.1. The van der Waals surface area contributed by atoms with Gasteiger partial charge in [-0.15, -0.1) is 5.10 Å². The molecule has 1 unspecified atom stereocenters. The first kappa shape index (κ1) is 64.8. The van der Waals surface area contributed by atoms with Crippen molar-refractivity contribution in [1.82, 2.24) is 30.1 Å². The van der Waals surface area contributed by atoms with Gasteiger partial charge in [0, 0.05) is 69.7 Å². The number of methoxy groups -OCH3 is 1. The summed E-state index contributed by atoms with van der Waals surface area (Å²) >= 11 is 0. The van der Waals surface area contributed by atoms with Gasteiger partial charge in [-0.25, -0.2) is 13.9 Å². The molecule has 6 N–H and O–H groups in total. The van der Waals surface area contributed by atoms with Gasteiger partial charge < -0.3 is 69.1 Å². The van der Waals surface area contributed by atoms with Gasteiger partial charge >= 0.3 is 12.1 Å². The number of halogens is 1. The van der Waals surface area contributed by atoms with Gasteiger partial charge in [-0.3, -0.25) is 14.5 Å². The van der Waals surface area contributed by atoms with Crippen molar-refractivity contribution in [2.45, 2.75) is 205 Å². The number of hydrogen-bond donors (Lipinski definition) is 6. The Balaban J connectivity index is 1.06. The first-order valence-electron chi connectivity index (χ1n) is 29.1. The van der Waals surface area contributed by atoms with E-state index < -0.39 is 120 Å². The number of carbonyl (C=O) groups excluding carboxylic acids is 3. The largest absolute Gasteiger partial charge is 0.459 e. The molecule has 2 amide bonds. The Morgan fingerprint density at radius 2 is 1.65 bits per heavy atom. The van der Waals surface area contributed by atoms with Gasteiger partial charge in [0.1, 0.15) is 41.9 Å². The number of aromatic nitrogens is 3. The molecule has 458 valence electrons. The maximum Gasteiger partial charge on any atom is 0.414 e. The number of benzene rings is 2. The highest BCUT2D eigenvalue weighted by atomic mass is 19.1. The van der Waals surface area contributed by atoms with Crippen molar-refractivity contribution in [3.05, 3.63) is 65.7 Å². The highest BCUT2D eigenvalue weighted by molar-refractivity contribution is 5.90. The van der Waals surface area contributed by atoms with Crippen LogP contribution in [0.15, 0.2) is 48.7 Å². The van der Waals surface area contributed by atoms with E-state index in [4.69, 9.17) is 28.4 Å². The molecule has 22 heteroatoms. The summed E-state index contributed by atoms with van der Waals surface area (Å²) in [6, 6.07) is 11.0. The number of aliphatic hydroxyl groups excluding tert-OH is 3. The molecule has 5 heterocycles. The second kappa shape index (κ2) is 26.7.